The number of hydrogen-bond acceptors (Lipinski definition) is 3. The fraction of sp³-hybridized carbons (Fsp3) is 0.500. The van der Waals surface area contributed by atoms with E-state index in [-0.39, 0.29) is 5.41 Å². The topological polar surface area (TPSA) is 24.9 Å². The molecule has 1 N–H and O–H groups in total. The minimum atomic E-state index is 0.163. The van der Waals surface area contributed by atoms with Gasteiger partial charge in [-0.15, -0.1) is 11.3 Å². The van der Waals surface area contributed by atoms with Crippen LogP contribution in [0.5, 0.6) is 0 Å². The van der Waals surface area contributed by atoms with E-state index in [9.17, 15) is 0 Å². The maximum atomic E-state index is 4.21. The van der Waals surface area contributed by atoms with Gasteiger partial charge < -0.3 is 5.32 Å². The molecule has 2 aromatic rings. The van der Waals surface area contributed by atoms with E-state index >= 15 is 0 Å². The summed E-state index contributed by atoms with van der Waals surface area (Å²) >= 11 is 1.74. The van der Waals surface area contributed by atoms with Gasteiger partial charge in [0, 0.05) is 23.5 Å². The lowest BCUT2D eigenvalue weighted by Gasteiger charge is -2.28. The van der Waals surface area contributed by atoms with E-state index in [1.165, 1.54) is 16.0 Å². The predicted molar refractivity (Wildman–Crippen MR) is 92.0 cm³/mol. The predicted octanol–water partition coefficient (Wildman–Crippen LogP) is 4.72. The number of hydrogen-bond donors (Lipinski definition) is 1. The Morgan fingerprint density at radius 2 is 2.00 bits per heavy atom. The zero-order valence-electron chi connectivity index (χ0n) is 13.5. The summed E-state index contributed by atoms with van der Waals surface area (Å²) in [5.41, 5.74) is 4.94. The second-order valence-corrected chi connectivity index (χ2v) is 7.49. The van der Waals surface area contributed by atoms with Gasteiger partial charge in [0.1, 0.15) is 0 Å². The first-order valence-corrected chi connectivity index (χ1v) is 8.60. The molecular formula is C18H26N2S. The molecule has 2 nitrogen and oxygen atoms in total. The van der Waals surface area contributed by atoms with Crippen molar-refractivity contribution >= 4 is 11.3 Å². The van der Waals surface area contributed by atoms with Crippen LogP contribution in [0.3, 0.4) is 0 Å². The minimum absolute atomic E-state index is 0.163. The Bertz CT molecular complexity index is 541. The average Bonchev–Trinajstić information content (AvgIpc) is 2.95. The fourth-order valence-corrected chi connectivity index (χ4v) is 3.28. The van der Waals surface area contributed by atoms with Crippen molar-refractivity contribution in [2.75, 3.05) is 6.54 Å². The molecule has 1 atom stereocenters. The zero-order valence-corrected chi connectivity index (χ0v) is 14.3. The van der Waals surface area contributed by atoms with Crippen LogP contribution in [0.2, 0.25) is 0 Å². The Morgan fingerprint density at radius 3 is 2.62 bits per heavy atom. The molecule has 0 aliphatic carbocycles. The van der Waals surface area contributed by atoms with Crippen LogP contribution >= 0.6 is 11.3 Å². The molecule has 1 heterocycles. The second kappa shape index (κ2) is 7.19. The lowest BCUT2D eigenvalue weighted by Crippen LogP contribution is -2.27. The van der Waals surface area contributed by atoms with Gasteiger partial charge in [0.15, 0.2) is 0 Å². The van der Waals surface area contributed by atoms with Crippen LogP contribution in [0.15, 0.2) is 36.0 Å². The smallest absolute Gasteiger partial charge is 0.0794 e. The van der Waals surface area contributed by atoms with Crippen molar-refractivity contribution in [2.45, 2.75) is 52.0 Å². The van der Waals surface area contributed by atoms with Gasteiger partial charge >= 0.3 is 0 Å². The molecule has 0 fully saturated rings. The summed E-state index contributed by atoms with van der Waals surface area (Å²) in [6.45, 7) is 10.1. The Balaban J connectivity index is 2.32. The average molecular weight is 302 g/mol. The molecular weight excluding hydrogens is 276 g/mol. The Labute approximate surface area is 132 Å². The van der Waals surface area contributed by atoms with Crippen molar-refractivity contribution in [2.24, 2.45) is 0 Å². The third-order valence-electron chi connectivity index (χ3n) is 3.67. The van der Waals surface area contributed by atoms with E-state index in [0.717, 1.165) is 19.4 Å². The highest BCUT2D eigenvalue weighted by Gasteiger charge is 2.22. The van der Waals surface area contributed by atoms with Crippen molar-refractivity contribution < 1.29 is 0 Å². The summed E-state index contributed by atoms with van der Waals surface area (Å²) in [5.74, 6) is 0. The molecule has 0 radical (unpaired) electrons. The van der Waals surface area contributed by atoms with Crippen molar-refractivity contribution in [3.63, 3.8) is 0 Å². The van der Waals surface area contributed by atoms with Crippen molar-refractivity contribution in [3.8, 4) is 0 Å². The molecule has 0 aliphatic heterocycles. The lowest BCUT2D eigenvalue weighted by atomic mass is 9.81. The number of thiazole rings is 1. The van der Waals surface area contributed by atoms with Crippen LogP contribution < -0.4 is 5.32 Å². The van der Waals surface area contributed by atoms with Gasteiger partial charge in [-0.2, -0.15) is 0 Å². The van der Waals surface area contributed by atoms with E-state index in [1.54, 1.807) is 11.3 Å². The number of aromatic nitrogens is 1. The third-order valence-corrected chi connectivity index (χ3v) is 4.48. The monoisotopic (exact) mass is 302 g/mol. The first-order chi connectivity index (χ1) is 10.0. The first-order valence-electron chi connectivity index (χ1n) is 7.72. The quantitative estimate of drug-likeness (QED) is 0.835. The van der Waals surface area contributed by atoms with Crippen LogP contribution in [-0.2, 0) is 11.8 Å². The maximum Gasteiger partial charge on any atom is 0.0794 e. The molecule has 0 saturated carbocycles. The summed E-state index contributed by atoms with van der Waals surface area (Å²) in [7, 11) is 0. The molecule has 0 bridgehead atoms. The van der Waals surface area contributed by atoms with Crippen LogP contribution in [0.25, 0.3) is 0 Å². The van der Waals surface area contributed by atoms with E-state index < -0.39 is 0 Å². The maximum absolute atomic E-state index is 4.21. The summed E-state index contributed by atoms with van der Waals surface area (Å²) in [6, 6.07) is 9.20. The van der Waals surface area contributed by atoms with Gasteiger partial charge in [-0.25, -0.2) is 0 Å². The van der Waals surface area contributed by atoms with Crippen LogP contribution in [-0.4, -0.2) is 11.5 Å². The Kier molecular flexibility index (Phi) is 5.54. The molecule has 1 unspecified atom stereocenters. The number of nitrogens with one attached hydrogen (secondary N) is 1. The third kappa shape index (κ3) is 4.39. The SMILES string of the molecule is CCCNC(Cc1cncs1)c1ccccc1C(C)(C)C. The standard InChI is InChI=1S/C18H26N2S/c1-5-10-20-17(11-14-12-19-13-21-14)15-8-6-7-9-16(15)18(2,3)4/h6-9,12-13,17,20H,5,10-11H2,1-4H3. The van der Waals surface area contributed by atoms with Gasteiger partial charge in [-0.1, -0.05) is 52.0 Å². The van der Waals surface area contributed by atoms with Crippen molar-refractivity contribution in [1.29, 1.82) is 0 Å². The molecule has 3 heteroatoms. The number of rotatable bonds is 6. The van der Waals surface area contributed by atoms with Gasteiger partial charge in [-0.3, -0.25) is 4.98 Å². The molecule has 1 aromatic heterocycles. The van der Waals surface area contributed by atoms with Gasteiger partial charge in [0.05, 0.1) is 5.51 Å². The van der Waals surface area contributed by atoms with Crippen LogP contribution in [0.1, 0.15) is 56.2 Å². The van der Waals surface area contributed by atoms with Gasteiger partial charge in [0.25, 0.3) is 0 Å². The molecule has 0 spiro atoms. The second-order valence-electron chi connectivity index (χ2n) is 6.52. The number of benzene rings is 1. The molecule has 0 saturated heterocycles. The van der Waals surface area contributed by atoms with E-state index in [0.29, 0.717) is 6.04 Å². The van der Waals surface area contributed by atoms with E-state index in [2.05, 4.69) is 62.3 Å². The van der Waals surface area contributed by atoms with Crippen LogP contribution in [0.4, 0.5) is 0 Å². The number of nitrogens with zero attached hydrogens (tertiary/aromatic N) is 1. The highest BCUT2D eigenvalue weighted by Crippen LogP contribution is 2.31. The van der Waals surface area contributed by atoms with Gasteiger partial charge in [0.2, 0.25) is 0 Å². The van der Waals surface area contributed by atoms with Gasteiger partial charge in [-0.05, 0) is 29.5 Å². The molecule has 2 rings (SSSR count). The fourth-order valence-electron chi connectivity index (χ4n) is 2.64. The molecule has 21 heavy (non-hydrogen) atoms. The Morgan fingerprint density at radius 1 is 1.24 bits per heavy atom. The highest BCUT2D eigenvalue weighted by atomic mass is 32.1. The van der Waals surface area contributed by atoms with E-state index in [4.69, 9.17) is 0 Å². The molecule has 114 valence electrons. The van der Waals surface area contributed by atoms with E-state index in [1.807, 2.05) is 11.7 Å². The lowest BCUT2D eigenvalue weighted by molar-refractivity contribution is 0.507. The summed E-state index contributed by atoms with van der Waals surface area (Å²) < 4.78 is 0. The zero-order chi connectivity index (χ0) is 15.3. The van der Waals surface area contributed by atoms with Crippen molar-refractivity contribution in [1.82, 2.24) is 10.3 Å². The highest BCUT2D eigenvalue weighted by molar-refractivity contribution is 7.09. The van der Waals surface area contributed by atoms with Crippen molar-refractivity contribution in [3.05, 3.63) is 52.0 Å². The Hall–Kier alpha value is -1.19. The van der Waals surface area contributed by atoms with Crippen LogP contribution in [0, 0.1) is 0 Å². The summed E-state index contributed by atoms with van der Waals surface area (Å²) in [4.78, 5) is 5.55. The molecule has 0 amide bonds. The minimum Gasteiger partial charge on any atom is -0.310 e. The summed E-state index contributed by atoms with van der Waals surface area (Å²) in [5, 5.41) is 3.72. The summed E-state index contributed by atoms with van der Waals surface area (Å²) in [6.07, 6.45) is 4.15. The largest absolute Gasteiger partial charge is 0.310 e. The first kappa shape index (κ1) is 16.2. The normalized spacial score (nSPS) is 13.3. The molecule has 1 aromatic carbocycles. The molecule has 0 aliphatic rings.